The number of carbonyl (C=O) groups is 1. The first-order valence-electron chi connectivity index (χ1n) is 13.3. The average molecular weight is 609 g/mol. The maximum atomic E-state index is 13.2. The van der Waals surface area contributed by atoms with E-state index in [4.69, 9.17) is 0 Å². The van der Waals surface area contributed by atoms with E-state index in [1.54, 1.807) is 18.3 Å². The van der Waals surface area contributed by atoms with E-state index in [1.165, 1.54) is 35.2 Å². The molecule has 41 heavy (non-hydrogen) atoms. The van der Waals surface area contributed by atoms with Gasteiger partial charge in [-0.25, -0.2) is 0 Å². The summed E-state index contributed by atoms with van der Waals surface area (Å²) in [6.07, 6.45) is 1.53. The molecule has 2 fully saturated rings. The molecule has 2 saturated heterocycles. The van der Waals surface area contributed by atoms with Crippen molar-refractivity contribution in [2.75, 3.05) is 48.0 Å². The monoisotopic (exact) mass is 608 g/mol. The quantitative estimate of drug-likeness (QED) is 0.342. The second-order valence-electron chi connectivity index (χ2n) is 10.0. The summed E-state index contributed by atoms with van der Waals surface area (Å²) in [5.74, 6) is 0.758. The van der Waals surface area contributed by atoms with Crippen LogP contribution in [0.1, 0.15) is 24.8 Å². The Balaban J connectivity index is 1.07. The van der Waals surface area contributed by atoms with Crippen molar-refractivity contribution in [1.29, 1.82) is 0 Å². The molecule has 2 aliphatic rings. The maximum Gasteiger partial charge on any atom is 0.573 e. The Morgan fingerprint density at radius 3 is 2.54 bits per heavy atom. The number of aromatic nitrogens is 4. The van der Waals surface area contributed by atoms with Gasteiger partial charge in [0.2, 0.25) is 16.2 Å². The van der Waals surface area contributed by atoms with E-state index >= 15 is 0 Å². The molecule has 3 aromatic rings. The number of ether oxygens (including phenoxy) is 1. The van der Waals surface area contributed by atoms with Crippen molar-refractivity contribution in [3.8, 4) is 5.75 Å². The summed E-state index contributed by atoms with van der Waals surface area (Å²) in [7, 11) is 0. The normalized spacial score (nSPS) is 19.2. The van der Waals surface area contributed by atoms with E-state index in [0.29, 0.717) is 16.8 Å². The van der Waals surface area contributed by atoms with Crippen molar-refractivity contribution < 1.29 is 22.7 Å². The number of halogens is 3. The van der Waals surface area contributed by atoms with Gasteiger partial charge in [-0.3, -0.25) is 15.0 Å². The van der Waals surface area contributed by atoms with E-state index in [0.717, 1.165) is 56.8 Å². The highest BCUT2D eigenvalue weighted by Gasteiger charge is 2.33. The highest BCUT2D eigenvalue weighted by Crippen LogP contribution is 2.31. The molecule has 0 spiro atoms. The predicted octanol–water partition coefficient (Wildman–Crippen LogP) is 4.50. The van der Waals surface area contributed by atoms with Crippen molar-refractivity contribution in [1.82, 2.24) is 25.3 Å². The minimum atomic E-state index is -4.70. The largest absolute Gasteiger partial charge is 0.573 e. The molecule has 2 aliphatic heterocycles. The number of benzene rings is 1. The molecule has 0 bridgehead atoms. The minimum Gasteiger partial charge on any atom is -0.406 e. The number of nitrogens with one attached hydrogen (secondary N) is 2. The molecular formula is C26H31F3N8O2S2. The number of alkyl halides is 3. The average Bonchev–Trinajstić information content (AvgIpc) is 3.60. The standard InChI is InChI=1S/C26H31F3N8O2S2/c1-40-22(18-8-12-36(13-9-18)15-17-4-6-20(7-5-17)39-26(27,28)29)23(38)32-25-35-34-24(41-25)31-19-10-14-37(16-19)21-3-2-11-30-33-21/h2-7,11,18-19,22H,8-10,12-16H2,1H3,(H,31,34)(H,32,35,38). The van der Waals surface area contributed by atoms with E-state index in [9.17, 15) is 18.0 Å². The van der Waals surface area contributed by atoms with Gasteiger partial charge in [0.25, 0.3) is 0 Å². The van der Waals surface area contributed by atoms with E-state index in [1.807, 2.05) is 18.4 Å². The van der Waals surface area contributed by atoms with Gasteiger partial charge in [-0.1, -0.05) is 23.5 Å². The number of likely N-dealkylation sites (tertiary alicyclic amines) is 1. The van der Waals surface area contributed by atoms with Crippen LogP contribution in [-0.4, -0.2) is 81.3 Å². The van der Waals surface area contributed by atoms with Crippen LogP contribution in [0.2, 0.25) is 0 Å². The van der Waals surface area contributed by atoms with Crippen LogP contribution < -0.4 is 20.3 Å². The molecule has 220 valence electrons. The Morgan fingerprint density at radius 2 is 1.85 bits per heavy atom. The third kappa shape index (κ3) is 8.20. The van der Waals surface area contributed by atoms with Gasteiger partial charge in [0.05, 0.1) is 5.25 Å². The van der Waals surface area contributed by atoms with Crippen molar-refractivity contribution in [3.63, 3.8) is 0 Å². The molecule has 15 heteroatoms. The van der Waals surface area contributed by atoms with Crippen LogP contribution in [-0.2, 0) is 11.3 Å². The third-order valence-electron chi connectivity index (χ3n) is 7.19. The maximum absolute atomic E-state index is 13.2. The SMILES string of the molecule is CSC(C(=O)Nc1nnc(NC2CCN(c3cccnn3)C2)s1)C1CCN(Cc2ccc(OC(F)(F)F)cc2)CC1. The lowest BCUT2D eigenvalue weighted by Gasteiger charge is -2.34. The molecule has 1 aromatic carbocycles. The fraction of sp³-hybridized carbons (Fsp3) is 0.500. The number of thioether (sulfide) groups is 1. The molecule has 4 heterocycles. The first-order valence-corrected chi connectivity index (χ1v) is 15.4. The summed E-state index contributed by atoms with van der Waals surface area (Å²) in [5, 5.41) is 23.8. The summed E-state index contributed by atoms with van der Waals surface area (Å²) in [4.78, 5) is 17.6. The van der Waals surface area contributed by atoms with Crippen LogP contribution in [0.25, 0.3) is 0 Å². The molecule has 2 atom stereocenters. The molecule has 0 saturated carbocycles. The second kappa shape index (κ2) is 13.2. The smallest absolute Gasteiger partial charge is 0.406 e. The number of hydrogen-bond acceptors (Lipinski definition) is 11. The molecule has 0 aliphatic carbocycles. The van der Waals surface area contributed by atoms with Gasteiger partial charge >= 0.3 is 6.36 Å². The molecule has 2 unspecified atom stereocenters. The summed E-state index contributed by atoms with van der Waals surface area (Å²) in [6.45, 7) is 3.89. The van der Waals surface area contributed by atoms with Gasteiger partial charge in [-0.2, -0.15) is 16.9 Å². The summed E-state index contributed by atoms with van der Waals surface area (Å²) in [6, 6.07) is 9.98. The molecule has 5 rings (SSSR count). The highest BCUT2D eigenvalue weighted by atomic mass is 32.2. The van der Waals surface area contributed by atoms with Crippen molar-refractivity contribution in [2.45, 2.75) is 43.5 Å². The molecule has 2 N–H and O–H groups in total. The Bertz CT molecular complexity index is 1270. The van der Waals surface area contributed by atoms with Crippen molar-refractivity contribution in [2.24, 2.45) is 5.92 Å². The van der Waals surface area contributed by atoms with Crippen LogP contribution in [0.4, 0.5) is 29.3 Å². The molecular weight excluding hydrogens is 577 g/mol. The third-order valence-corrected chi connectivity index (χ3v) is 9.07. The minimum absolute atomic E-state index is 0.0754. The number of carbonyl (C=O) groups excluding carboxylic acids is 1. The lowest BCUT2D eigenvalue weighted by Crippen LogP contribution is -2.40. The predicted molar refractivity (Wildman–Crippen MR) is 153 cm³/mol. The van der Waals surface area contributed by atoms with Gasteiger partial charge < -0.3 is 15.0 Å². The number of nitrogens with zero attached hydrogens (tertiary/aromatic N) is 6. The van der Waals surface area contributed by atoms with Crippen LogP contribution in [0.15, 0.2) is 42.6 Å². The number of anilines is 3. The molecule has 2 aromatic heterocycles. The van der Waals surface area contributed by atoms with Crippen LogP contribution in [0, 0.1) is 5.92 Å². The molecule has 10 nitrogen and oxygen atoms in total. The highest BCUT2D eigenvalue weighted by molar-refractivity contribution is 7.99. The Labute approximate surface area is 244 Å². The zero-order valence-electron chi connectivity index (χ0n) is 22.4. The summed E-state index contributed by atoms with van der Waals surface area (Å²) < 4.78 is 41.1. The Kier molecular flexibility index (Phi) is 9.45. The van der Waals surface area contributed by atoms with E-state index in [2.05, 4.69) is 45.6 Å². The lowest BCUT2D eigenvalue weighted by atomic mass is 9.92. The second-order valence-corrected chi connectivity index (χ2v) is 12.0. The van der Waals surface area contributed by atoms with Gasteiger partial charge in [-0.15, -0.1) is 28.5 Å². The summed E-state index contributed by atoms with van der Waals surface area (Å²) >= 11 is 2.86. The zero-order chi connectivity index (χ0) is 28.8. The van der Waals surface area contributed by atoms with Gasteiger partial charge in [0.1, 0.15) is 5.75 Å². The van der Waals surface area contributed by atoms with Gasteiger partial charge in [-0.05, 0) is 74.4 Å². The zero-order valence-corrected chi connectivity index (χ0v) is 24.0. The van der Waals surface area contributed by atoms with Crippen molar-refractivity contribution >= 4 is 45.1 Å². The summed E-state index contributed by atoms with van der Waals surface area (Å²) in [5.41, 5.74) is 0.914. The van der Waals surface area contributed by atoms with Crippen LogP contribution in [0.5, 0.6) is 5.75 Å². The molecule has 1 amide bonds. The topological polar surface area (TPSA) is 108 Å². The van der Waals surface area contributed by atoms with Crippen LogP contribution >= 0.6 is 23.1 Å². The first kappa shape index (κ1) is 29.3. The number of piperidine rings is 1. The number of rotatable bonds is 10. The fourth-order valence-corrected chi connectivity index (χ4v) is 6.87. The van der Waals surface area contributed by atoms with Gasteiger partial charge in [0, 0.05) is 31.9 Å². The Hall–Kier alpha value is -3.17. The molecule has 0 radical (unpaired) electrons. The van der Waals surface area contributed by atoms with E-state index < -0.39 is 6.36 Å². The van der Waals surface area contributed by atoms with Crippen molar-refractivity contribution in [3.05, 3.63) is 48.2 Å². The van der Waals surface area contributed by atoms with E-state index in [-0.39, 0.29) is 28.9 Å². The Morgan fingerprint density at radius 1 is 1.10 bits per heavy atom. The first-order chi connectivity index (χ1) is 19.8. The lowest BCUT2D eigenvalue weighted by molar-refractivity contribution is -0.274. The van der Waals surface area contributed by atoms with Gasteiger partial charge in [0.15, 0.2) is 5.82 Å². The van der Waals surface area contributed by atoms with Crippen LogP contribution in [0.3, 0.4) is 0 Å². The number of hydrogen-bond donors (Lipinski definition) is 2. The fourth-order valence-electron chi connectivity index (χ4n) is 5.21. The number of amides is 1.